The maximum Gasteiger partial charge on any atom is 0.134 e. The lowest BCUT2D eigenvalue weighted by Crippen LogP contribution is -2.22. The zero-order chi connectivity index (χ0) is 14.4. The van der Waals surface area contributed by atoms with Crippen molar-refractivity contribution in [2.75, 3.05) is 30.9 Å². The largest absolute Gasteiger partial charge is 0.373 e. The first-order chi connectivity index (χ1) is 9.72. The molecule has 0 radical (unpaired) electrons. The van der Waals surface area contributed by atoms with Gasteiger partial charge in [0, 0.05) is 45.5 Å². The van der Waals surface area contributed by atoms with Gasteiger partial charge in [-0.15, -0.1) is 0 Å². The second-order valence-corrected chi connectivity index (χ2v) is 4.66. The van der Waals surface area contributed by atoms with Gasteiger partial charge in [0.25, 0.3) is 0 Å². The zero-order valence-electron chi connectivity index (χ0n) is 12.3. The highest BCUT2D eigenvalue weighted by molar-refractivity contribution is 5.48. The molecule has 0 fully saturated rings. The molecule has 0 bridgehead atoms. The summed E-state index contributed by atoms with van der Waals surface area (Å²) in [6.07, 6.45) is 5.46. The number of nitrogens with zero attached hydrogens (tertiary/aromatic N) is 4. The second-order valence-electron chi connectivity index (χ2n) is 4.66. The summed E-state index contributed by atoms with van der Waals surface area (Å²) in [5.41, 5.74) is 1.28. The molecule has 0 aliphatic carbocycles. The van der Waals surface area contributed by atoms with E-state index in [1.807, 2.05) is 37.6 Å². The lowest BCUT2D eigenvalue weighted by atomic mass is 10.2. The summed E-state index contributed by atoms with van der Waals surface area (Å²) in [6, 6.07) is 6.07. The van der Waals surface area contributed by atoms with Crippen LogP contribution in [0.15, 0.2) is 30.6 Å². The molecule has 106 valence electrons. The molecule has 5 nitrogen and oxygen atoms in total. The Morgan fingerprint density at radius 1 is 1.20 bits per heavy atom. The monoisotopic (exact) mass is 271 g/mol. The van der Waals surface area contributed by atoms with Crippen molar-refractivity contribution >= 4 is 11.6 Å². The van der Waals surface area contributed by atoms with Crippen LogP contribution in [0.5, 0.6) is 0 Å². The van der Waals surface area contributed by atoms with Gasteiger partial charge < -0.3 is 10.2 Å². The summed E-state index contributed by atoms with van der Waals surface area (Å²) >= 11 is 0. The van der Waals surface area contributed by atoms with Gasteiger partial charge in [0.1, 0.15) is 17.5 Å². The number of aromatic nitrogens is 3. The minimum absolute atomic E-state index is 0.834. The van der Waals surface area contributed by atoms with Crippen LogP contribution in [-0.4, -0.2) is 35.6 Å². The van der Waals surface area contributed by atoms with Crippen LogP contribution >= 0.6 is 0 Å². The molecular formula is C15H21N5. The topological polar surface area (TPSA) is 53.9 Å². The number of anilines is 2. The Labute approximate surface area is 120 Å². The predicted molar refractivity (Wildman–Crippen MR) is 82.2 cm³/mol. The minimum Gasteiger partial charge on any atom is -0.373 e. The van der Waals surface area contributed by atoms with Crippen LogP contribution < -0.4 is 10.2 Å². The third-order valence-electron chi connectivity index (χ3n) is 3.21. The predicted octanol–water partition coefficient (Wildman–Crippen LogP) is 2.15. The Morgan fingerprint density at radius 3 is 2.60 bits per heavy atom. The van der Waals surface area contributed by atoms with E-state index >= 15 is 0 Å². The van der Waals surface area contributed by atoms with Crippen molar-refractivity contribution in [1.82, 2.24) is 15.0 Å². The standard InChI is InChI=1S/C15H21N5/c1-4-13-18-14(16-2)11-15(19-13)20(3)10-7-12-5-8-17-9-6-12/h5-6,8-9,11H,4,7,10H2,1-3H3,(H,16,18,19). The van der Waals surface area contributed by atoms with Gasteiger partial charge in [-0.1, -0.05) is 6.92 Å². The smallest absolute Gasteiger partial charge is 0.134 e. The van der Waals surface area contributed by atoms with E-state index in [4.69, 9.17) is 0 Å². The molecule has 0 aliphatic rings. The van der Waals surface area contributed by atoms with Gasteiger partial charge in [-0.25, -0.2) is 9.97 Å². The maximum absolute atomic E-state index is 4.57. The fourth-order valence-electron chi connectivity index (χ4n) is 1.93. The lowest BCUT2D eigenvalue weighted by molar-refractivity contribution is 0.837. The minimum atomic E-state index is 0.834. The number of likely N-dealkylation sites (N-methyl/N-ethyl adjacent to an activating group) is 1. The molecule has 2 aromatic rings. The fraction of sp³-hybridized carbons (Fsp3) is 0.400. The highest BCUT2D eigenvalue weighted by atomic mass is 15.2. The van der Waals surface area contributed by atoms with Crippen LogP contribution in [0.25, 0.3) is 0 Å². The SMILES string of the molecule is CCc1nc(NC)cc(N(C)CCc2ccncc2)n1. The van der Waals surface area contributed by atoms with Gasteiger partial charge in [0.2, 0.25) is 0 Å². The van der Waals surface area contributed by atoms with E-state index in [2.05, 4.69) is 39.1 Å². The first-order valence-corrected chi connectivity index (χ1v) is 6.88. The molecular weight excluding hydrogens is 250 g/mol. The highest BCUT2D eigenvalue weighted by Crippen LogP contribution is 2.15. The van der Waals surface area contributed by atoms with Crippen LogP contribution in [0.4, 0.5) is 11.6 Å². The zero-order valence-corrected chi connectivity index (χ0v) is 12.3. The summed E-state index contributed by atoms with van der Waals surface area (Å²) in [5.74, 6) is 2.68. The Kier molecular flexibility index (Phi) is 4.87. The molecule has 2 aromatic heterocycles. The van der Waals surface area contributed by atoms with Gasteiger partial charge in [0.05, 0.1) is 0 Å². The Morgan fingerprint density at radius 2 is 1.95 bits per heavy atom. The van der Waals surface area contributed by atoms with E-state index in [9.17, 15) is 0 Å². The van der Waals surface area contributed by atoms with Crippen molar-refractivity contribution in [3.8, 4) is 0 Å². The van der Waals surface area contributed by atoms with Crippen LogP contribution in [0.1, 0.15) is 18.3 Å². The summed E-state index contributed by atoms with van der Waals surface area (Å²) in [6.45, 7) is 2.98. The molecule has 2 heterocycles. The summed E-state index contributed by atoms with van der Waals surface area (Å²) in [7, 11) is 3.94. The first-order valence-electron chi connectivity index (χ1n) is 6.88. The molecule has 0 atom stereocenters. The molecule has 1 N–H and O–H groups in total. The van der Waals surface area contributed by atoms with E-state index in [0.29, 0.717) is 0 Å². The summed E-state index contributed by atoms with van der Waals surface area (Å²) < 4.78 is 0. The van der Waals surface area contributed by atoms with E-state index in [1.165, 1.54) is 5.56 Å². The number of nitrogens with one attached hydrogen (secondary N) is 1. The van der Waals surface area contributed by atoms with Crippen LogP contribution in [0.3, 0.4) is 0 Å². The Hall–Kier alpha value is -2.17. The van der Waals surface area contributed by atoms with E-state index in [0.717, 1.165) is 36.8 Å². The second kappa shape index (κ2) is 6.84. The fourth-order valence-corrected chi connectivity index (χ4v) is 1.93. The van der Waals surface area contributed by atoms with Crippen LogP contribution in [0.2, 0.25) is 0 Å². The number of pyridine rings is 1. The molecule has 0 saturated carbocycles. The molecule has 5 heteroatoms. The molecule has 0 aliphatic heterocycles. The van der Waals surface area contributed by atoms with Crippen molar-refractivity contribution in [1.29, 1.82) is 0 Å². The number of hydrogen-bond acceptors (Lipinski definition) is 5. The molecule has 0 amide bonds. The van der Waals surface area contributed by atoms with E-state index < -0.39 is 0 Å². The van der Waals surface area contributed by atoms with E-state index in [1.54, 1.807) is 0 Å². The van der Waals surface area contributed by atoms with Gasteiger partial charge in [-0.05, 0) is 24.1 Å². The molecule has 0 unspecified atom stereocenters. The van der Waals surface area contributed by atoms with Crippen molar-refractivity contribution in [3.05, 3.63) is 42.0 Å². The maximum atomic E-state index is 4.57. The quantitative estimate of drug-likeness (QED) is 0.872. The third kappa shape index (κ3) is 3.66. The molecule has 0 aromatic carbocycles. The first kappa shape index (κ1) is 14.2. The Bertz CT molecular complexity index is 519. The summed E-state index contributed by atoms with van der Waals surface area (Å²) in [5, 5.41) is 3.08. The Balaban J connectivity index is 2.06. The van der Waals surface area contributed by atoms with Gasteiger partial charge in [-0.2, -0.15) is 0 Å². The van der Waals surface area contributed by atoms with Crippen LogP contribution in [0, 0.1) is 0 Å². The number of aryl methyl sites for hydroxylation is 1. The molecule has 0 saturated heterocycles. The molecule has 0 spiro atoms. The lowest BCUT2D eigenvalue weighted by Gasteiger charge is -2.19. The van der Waals surface area contributed by atoms with E-state index in [-0.39, 0.29) is 0 Å². The van der Waals surface area contributed by atoms with Crippen molar-refractivity contribution in [3.63, 3.8) is 0 Å². The highest BCUT2D eigenvalue weighted by Gasteiger charge is 2.07. The molecule has 2 rings (SSSR count). The van der Waals surface area contributed by atoms with Gasteiger partial charge in [-0.3, -0.25) is 4.98 Å². The van der Waals surface area contributed by atoms with Crippen molar-refractivity contribution < 1.29 is 0 Å². The average molecular weight is 271 g/mol. The van der Waals surface area contributed by atoms with Crippen molar-refractivity contribution in [2.24, 2.45) is 0 Å². The van der Waals surface area contributed by atoms with Crippen molar-refractivity contribution in [2.45, 2.75) is 19.8 Å². The average Bonchev–Trinajstić information content (AvgIpc) is 2.52. The van der Waals surface area contributed by atoms with Crippen LogP contribution in [-0.2, 0) is 12.8 Å². The normalized spacial score (nSPS) is 10.3. The number of hydrogen-bond donors (Lipinski definition) is 1. The molecule has 20 heavy (non-hydrogen) atoms. The van der Waals surface area contributed by atoms with Gasteiger partial charge >= 0.3 is 0 Å². The summed E-state index contributed by atoms with van der Waals surface area (Å²) in [4.78, 5) is 15.2. The number of rotatable bonds is 6. The third-order valence-corrected chi connectivity index (χ3v) is 3.21. The van der Waals surface area contributed by atoms with Gasteiger partial charge in [0.15, 0.2) is 0 Å².